The molecule has 0 fully saturated rings. The topological polar surface area (TPSA) is 42.7 Å². The molecule has 19 heavy (non-hydrogen) atoms. The van der Waals surface area contributed by atoms with Crippen LogP contribution in [0.4, 0.5) is 0 Å². The fourth-order valence-electron chi connectivity index (χ4n) is 2.32. The molecule has 0 aliphatic heterocycles. The molecule has 2 aromatic heterocycles. The number of pyridine rings is 1. The average Bonchev–Trinajstić information content (AvgIpc) is 2.63. The van der Waals surface area contributed by atoms with Crippen molar-refractivity contribution < 1.29 is 0 Å². The predicted molar refractivity (Wildman–Crippen MR) is 77.4 cm³/mol. The summed E-state index contributed by atoms with van der Waals surface area (Å²) in [4.78, 5) is 4.21. The summed E-state index contributed by atoms with van der Waals surface area (Å²) >= 11 is 6.30. The highest BCUT2D eigenvalue weighted by Crippen LogP contribution is 2.26. The molecular formula is C14H19ClN4. The lowest BCUT2D eigenvalue weighted by Crippen LogP contribution is -2.20. The van der Waals surface area contributed by atoms with Gasteiger partial charge in [-0.15, -0.1) is 0 Å². The summed E-state index contributed by atoms with van der Waals surface area (Å²) in [5, 5.41) is 8.40. The van der Waals surface area contributed by atoms with Gasteiger partial charge in [0.05, 0.1) is 5.69 Å². The molecule has 0 spiro atoms. The lowest BCUT2D eigenvalue weighted by atomic mass is 9.97. The van der Waals surface area contributed by atoms with Crippen molar-refractivity contribution in [2.24, 2.45) is 7.05 Å². The van der Waals surface area contributed by atoms with Gasteiger partial charge in [0.25, 0.3) is 0 Å². The van der Waals surface area contributed by atoms with E-state index in [1.165, 1.54) is 11.1 Å². The number of rotatable bonds is 4. The van der Waals surface area contributed by atoms with E-state index in [0.717, 1.165) is 17.7 Å². The predicted octanol–water partition coefficient (Wildman–Crippen LogP) is 2.59. The average molecular weight is 279 g/mol. The molecule has 0 radical (unpaired) electrons. The Morgan fingerprint density at radius 1 is 1.42 bits per heavy atom. The highest BCUT2D eigenvalue weighted by molar-refractivity contribution is 6.30. The summed E-state index contributed by atoms with van der Waals surface area (Å²) < 4.78 is 1.72. The summed E-state index contributed by atoms with van der Waals surface area (Å²) in [6, 6.07) is 2.21. The van der Waals surface area contributed by atoms with Crippen LogP contribution in [0.5, 0.6) is 0 Å². The second-order valence-electron chi connectivity index (χ2n) is 4.76. The van der Waals surface area contributed by atoms with Gasteiger partial charge in [-0.05, 0) is 44.5 Å². The zero-order valence-corrected chi connectivity index (χ0v) is 12.5. The van der Waals surface area contributed by atoms with Gasteiger partial charge in [-0.1, -0.05) is 11.6 Å². The van der Waals surface area contributed by atoms with Crippen LogP contribution in [0, 0.1) is 13.8 Å². The third-order valence-corrected chi connectivity index (χ3v) is 3.95. The van der Waals surface area contributed by atoms with Crippen molar-refractivity contribution in [2.75, 3.05) is 7.05 Å². The smallest absolute Gasteiger partial charge is 0.130 e. The van der Waals surface area contributed by atoms with E-state index in [1.807, 2.05) is 39.5 Å². The first-order valence-electron chi connectivity index (χ1n) is 6.30. The van der Waals surface area contributed by atoms with E-state index in [1.54, 1.807) is 4.68 Å². The normalized spacial score (nSPS) is 12.7. The molecule has 2 rings (SSSR count). The molecule has 0 saturated heterocycles. The van der Waals surface area contributed by atoms with Crippen LogP contribution in [0.2, 0.25) is 5.15 Å². The highest BCUT2D eigenvalue weighted by atomic mass is 35.5. The number of aromatic nitrogens is 3. The van der Waals surface area contributed by atoms with Crippen molar-refractivity contribution >= 4 is 11.6 Å². The Balaban J connectivity index is 2.32. The summed E-state index contributed by atoms with van der Waals surface area (Å²) in [5.41, 5.74) is 4.50. The number of nitrogens with zero attached hydrogens (tertiary/aromatic N) is 3. The van der Waals surface area contributed by atoms with Crippen LogP contribution < -0.4 is 5.32 Å². The summed E-state index contributed by atoms with van der Waals surface area (Å²) in [5.74, 6) is 0. The minimum absolute atomic E-state index is 0.189. The van der Waals surface area contributed by atoms with Crippen LogP contribution in [-0.2, 0) is 13.5 Å². The monoisotopic (exact) mass is 278 g/mol. The molecule has 4 nitrogen and oxygen atoms in total. The molecular weight excluding hydrogens is 260 g/mol. The fourth-order valence-corrected chi connectivity index (χ4v) is 2.57. The van der Waals surface area contributed by atoms with Gasteiger partial charge in [0, 0.05) is 31.0 Å². The molecule has 1 N–H and O–H groups in total. The van der Waals surface area contributed by atoms with Gasteiger partial charge in [0.15, 0.2) is 0 Å². The molecule has 1 unspecified atom stereocenters. The molecule has 2 aromatic rings. The van der Waals surface area contributed by atoms with Gasteiger partial charge < -0.3 is 5.32 Å². The van der Waals surface area contributed by atoms with Gasteiger partial charge in [0.2, 0.25) is 0 Å². The Kier molecular flexibility index (Phi) is 4.22. The first kappa shape index (κ1) is 14.0. The minimum Gasteiger partial charge on any atom is -0.313 e. The van der Waals surface area contributed by atoms with Gasteiger partial charge in [-0.3, -0.25) is 9.67 Å². The van der Waals surface area contributed by atoms with Crippen molar-refractivity contribution in [1.82, 2.24) is 20.1 Å². The molecule has 0 aliphatic rings. The maximum Gasteiger partial charge on any atom is 0.130 e. The molecule has 102 valence electrons. The number of likely N-dealkylation sites (N-methyl/N-ethyl adjacent to an activating group) is 1. The zero-order chi connectivity index (χ0) is 14.0. The van der Waals surface area contributed by atoms with Crippen LogP contribution in [0.3, 0.4) is 0 Å². The second kappa shape index (κ2) is 5.72. The van der Waals surface area contributed by atoms with E-state index in [-0.39, 0.29) is 6.04 Å². The second-order valence-corrected chi connectivity index (χ2v) is 5.11. The number of nitrogens with one attached hydrogen (secondary N) is 1. The molecule has 1 atom stereocenters. The van der Waals surface area contributed by atoms with Crippen LogP contribution in [0.1, 0.15) is 28.4 Å². The Bertz CT molecular complexity index is 577. The largest absolute Gasteiger partial charge is 0.313 e. The molecule has 0 aromatic carbocycles. The standard InChI is InChI=1S/C14H19ClN4/c1-9-5-6-17-8-12(9)13(16-3)7-11-10(2)18-19(4)14(11)15/h5-6,8,13,16H,7H2,1-4H3. The minimum atomic E-state index is 0.189. The van der Waals surface area contributed by atoms with Crippen molar-refractivity contribution in [3.05, 3.63) is 46.0 Å². The van der Waals surface area contributed by atoms with Crippen molar-refractivity contribution in [3.63, 3.8) is 0 Å². The Labute approximate surface area is 118 Å². The first-order valence-corrected chi connectivity index (χ1v) is 6.68. The van der Waals surface area contributed by atoms with E-state index < -0.39 is 0 Å². The van der Waals surface area contributed by atoms with E-state index in [9.17, 15) is 0 Å². The first-order chi connectivity index (χ1) is 9.04. The van der Waals surface area contributed by atoms with E-state index in [2.05, 4.69) is 22.3 Å². The zero-order valence-electron chi connectivity index (χ0n) is 11.7. The lowest BCUT2D eigenvalue weighted by molar-refractivity contribution is 0.585. The number of hydrogen-bond acceptors (Lipinski definition) is 3. The number of aryl methyl sites for hydroxylation is 3. The van der Waals surface area contributed by atoms with Crippen LogP contribution in [-0.4, -0.2) is 21.8 Å². The summed E-state index contributed by atoms with van der Waals surface area (Å²) in [6.07, 6.45) is 4.53. The maximum atomic E-state index is 6.30. The molecule has 0 aliphatic carbocycles. The molecule has 0 saturated carbocycles. The third kappa shape index (κ3) is 2.80. The molecule has 0 bridgehead atoms. The lowest BCUT2D eigenvalue weighted by Gasteiger charge is -2.18. The van der Waals surface area contributed by atoms with E-state index >= 15 is 0 Å². The van der Waals surface area contributed by atoms with Gasteiger partial charge in [-0.25, -0.2) is 0 Å². The Morgan fingerprint density at radius 2 is 2.16 bits per heavy atom. The van der Waals surface area contributed by atoms with Crippen molar-refractivity contribution in [1.29, 1.82) is 0 Å². The summed E-state index contributed by atoms with van der Waals surface area (Å²) in [7, 11) is 3.82. The highest BCUT2D eigenvalue weighted by Gasteiger charge is 2.18. The Morgan fingerprint density at radius 3 is 2.68 bits per heavy atom. The summed E-state index contributed by atoms with van der Waals surface area (Å²) in [6.45, 7) is 4.09. The SMILES string of the molecule is CNC(Cc1c(C)nn(C)c1Cl)c1cnccc1C. The number of hydrogen-bond donors (Lipinski definition) is 1. The van der Waals surface area contributed by atoms with Gasteiger partial charge in [0.1, 0.15) is 5.15 Å². The van der Waals surface area contributed by atoms with Gasteiger partial charge in [-0.2, -0.15) is 5.10 Å². The van der Waals surface area contributed by atoms with E-state index in [4.69, 9.17) is 11.6 Å². The molecule has 2 heterocycles. The quantitative estimate of drug-likeness (QED) is 0.935. The maximum absolute atomic E-state index is 6.30. The van der Waals surface area contributed by atoms with Gasteiger partial charge >= 0.3 is 0 Å². The van der Waals surface area contributed by atoms with Crippen LogP contribution >= 0.6 is 11.6 Å². The fraction of sp³-hybridized carbons (Fsp3) is 0.429. The van der Waals surface area contributed by atoms with Crippen molar-refractivity contribution in [2.45, 2.75) is 26.3 Å². The third-order valence-electron chi connectivity index (χ3n) is 3.48. The Hall–Kier alpha value is -1.39. The van der Waals surface area contributed by atoms with E-state index in [0.29, 0.717) is 5.15 Å². The van der Waals surface area contributed by atoms with Crippen LogP contribution in [0.25, 0.3) is 0 Å². The molecule has 5 heteroatoms. The van der Waals surface area contributed by atoms with Crippen LogP contribution in [0.15, 0.2) is 18.5 Å². The van der Waals surface area contributed by atoms with Crippen molar-refractivity contribution in [3.8, 4) is 0 Å². The number of halogens is 1. The molecule has 0 amide bonds.